The van der Waals surface area contributed by atoms with Gasteiger partial charge in [-0.05, 0) is 24.6 Å². The number of alkyl halides is 3. The number of hydrogen-bond acceptors (Lipinski definition) is 4. The molecule has 1 aromatic carbocycles. The van der Waals surface area contributed by atoms with Crippen LogP contribution in [-0.2, 0) is 28.8 Å². The highest BCUT2D eigenvalue weighted by Gasteiger charge is 2.58. The van der Waals surface area contributed by atoms with E-state index in [1.54, 1.807) is 23.1 Å². The number of halogens is 3. The number of aryl methyl sites for hydroxylation is 1. The Morgan fingerprint density at radius 2 is 2.00 bits per heavy atom. The van der Waals surface area contributed by atoms with Crippen molar-refractivity contribution in [1.82, 2.24) is 14.5 Å². The van der Waals surface area contributed by atoms with Crippen LogP contribution in [0, 0.1) is 0 Å². The van der Waals surface area contributed by atoms with Gasteiger partial charge in [-0.25, -0.2) is 4.98 Å². The van der Waals surface area contributed by atoms with Gasteiger partial charge in [0.05, 0.1) is 6.42 Å². The van der Waals surface area contributed by atoms with Gasteiger partial charge < -0.3 is 19.9 Å². The van der Waals surface area contributed by atoms with Crippen molar-refractivity contribution in [2.24, 2.45) is 7.05 Å². The molecule has 0 aliphatic carbocycles. The fourth-order valence-corrected chi connectivity index (χ4v) is 2.92. The fraction of sp³-hybridized carbons (Fsp3) is 0.421. The number of imidazole rings is 1. The number of hydrogen-bond donors (Lipinski definition) is 2. The molecule has 2 rings (SSSR count). The Balaban J connectivity index is 2.18. The van der Waals surface area contributed by atoms with E-state index in [9.17, 15) is 27.9 Å². The highest BCUT2D eigenvalue weighted by Crippen LogP contribution is 2.40. The van der Waals surface area contributed by atoms with Crippen LogP contribution in [0.4, 0.5) is 18.9 Å². The first-order valence-corrected chi connectivity index (χ1v) is 8.89. The molecule has 0 fully saturated rings. The van der Waals surface area contributed by atoms with Crippen LogP contribution in [0.1, 0.15) is 31.7 Å². The number of benzene rings is 1. The van der Waals surface area contributed by atoms with Crippen LogP contribution in [0.5, 0.6) is 0 Å². The maximum Gasteiger partial charge on any atom is 0.425 e. The predicted molar refractivity (Wildman–Crippen MR) is 99.6 cm³/mol. The third-order valence-electron chi connectivity index (χ3n) is 4.49. The summed E-state index contributed by atoms with van der Waals surface area (Å²) in [5.41, 5.74) is -2.47. The van der Waals surface area contributed by atoms with Gasteiger partial charge in [0.25, 0.3) is 0 Å². The van der Waals surface area contributed by atoms with E-state index in [1.165, 1.54) is 26.2 Å². The highest BCUT2D eigenvalue weighted by molar-refractivity contribution is 5.91. The zero-order valence-corrected chi connectivity index (χ0v) is 16.3. The lowest BCUT2D eigenvalue weighted by atomic mass is 9.97. The number of carbonyl (C=O) groups is 2. The van der Waals surface area contributed by atoms with Gasteiger partial charge in [-0.1, -0.05) is 12.1 Å². The minimum absolute atomic E-state index is 0.118. The molecule has 0 saturated carbocycles. The van der Waals surface area contributed by atoms with E-state index < -0.39 is 29.9 Å². The van der Waals surface area contributed by atoms with Crippen LogP contribution in [0.25, 0.3) is 0 Å². The Bertz CT molecular complexity index is 882. The molecular weight excluding hydrogens is 389 g/mol. The van der Waals surface area contributed by atoms with Gasteiger partial charge in [-0.3, -0.25) is 9.59 Å². The number of rotatable bonds is 7. The Morgan fingerprint density at radius 1 is 1.31 bits per heavy atom. The second kappa shape index (κ2) is 8.64. The minimum Gasteiger partial charge on any atom is -0.374 e. The Hall–Kier alpha value is -2.88. The van der Waals surface area contributed by atoms with Crippen molar-refractivity contribution in [2.75, 3.05) is 11.9 Å². The quantitative estimate of drug-likeness (QED) is 0.732. The van der Waals surface area contributed by atoms with E-state index in [0.29, 0.717) is 18.7 Å². The molecule has 0 radical (unpaired) electrons. The van der Waals surface area contributed by atoms with Crippen molar-refractivity contribution in [3.05, 3.63) is 48.0 Å². The molecule has 0 aliphatic heterocycles. The largest absolute Gasteiger partial charge is 0.425 e. The number of aromatic nitrogens is 2. The molecular formula is C19H23F3N4O3. The summed E-state index contributed by atoms with van der Waals surface area (Å²) in [6, 6.07) is 6.44. The van der Waals surface area contributed by atoms with Gasteiger partial charge in [-0.15, -0.1) is 0 Å². The summed E-state index contributed by atoms with van der Waals surface area (Å²) in [4.78, 5) is 29.0. The summed E-state index contributed by atoms with van der Waals surface area (Å²) in [6.45, 7) is 4.05. The molecule has 0 spiro atoms. The monoisotopic (exact) mass is 412 g/mol. The van der Waals surface area contributed by atoms with Crippen molar-refractivity contribution in [1.29, 1.82) is 0 Å². The number of carbonyl (C=O) groups excluding carboxylic acids is 2. The Kier molecular flexibility index (Phi) is 6.68. The van der Waals surface area contributed by atoms with Crippen molar-refractivity contribution in [3.8, 4) is 0 Å². The maximum atomic E-state index is 13.5. The molecule has 1 heterocycles. The van der Waals surface area contributed by atoms with Gasteiger partial charge in [0, 0.05) is 45.1 Å². The predicted octanol–water partition coefficient (Wildman–Crippen LogP) is 2.57. The number of nitrogens with one attached hydrogen (secondary N) is 1. The molecule has 1 aromatic heterocycles. The van der Waals surface area contributed by atoms with Crippen LogP contribution in [0.3, 0.4) is 0 Å². The molecule has 158 valence electrons. The number of anilines is 1. The summed E-state index contributed by atoms with van der Waals surface area (Å²) < 4.78 is 41.7. The molecule has 7 nitrogen and oxygen atoms in total. The molecule has 0 saturated heterocycles. The average molecular weight is 412 g/mol. The molecule has 2 amide bonds. The summed E-state index contributed by atoms with van der Waals surface area (Å²) in [5.74, 6) is -1.81. The molecule has 0 bridgehead atoms. The van der Waals surface area contributed by atoms with Crippen LogP contribution in [0.2, 0.25) is 0 Å². The second-order valence-electron chi connectivity index (χ2n) is 6.68. The number of aliphatic hydroxyl groups is 1. The van der Waals surface area contributed by atoms with Crippen molar-refractivity contribution in [3.63, 3.8) is 0 Å². The summed E-state index contributed by atoms with van der Waals surface area (Å²) >= 11 is 0. The number of nitrogens with zero attached hydrogens (tertiary/aromatic N) is 3. The smallest absolute Gasteiger partial charge is 0.374 e. The third-order valence-corrected chi connectivity index (χ3v) is 4.49. The van der Waals surface area contributed by atoms with Gasteiger partial charge in [0.15, 0.2) is 5.82 Å². The zero-order chi connectivity index (χ0) is 21.8. The van der Waals surface area contributed by atoms with Crippen molar-refractivity contribution in [2.45, 2.75) is 38.6 Å². The normalized spacial score (nSPS) is 13.6. The van der Waals surface area contributed by atoms with E-state index in [1.807, 2.05) is 6.92 Å². The van der Waals surface area contributed by atoms with Gasteiger partial charge >= 0.3 is 6.18 Å². The third kappa shape index (κ3) is 5.14. The maximum absolute atomic E-state index is 13.5. The van der Waals surface area contributed by atoms with E-state index in [2.05, 4.69) is 10.3 Å². The first-order valence-electron chi connectivity index (χ1n) is 8.89. The number of amides is 2. The van der Waals surface area contributed by atoms with Gasteiger partial charge in [0.2, 0.25) is 17.4 Å². The molecule has 0 aliphatic rings. The molecule has 2 aromatic rings. The van der Waals surface area contributed by atoms with Crippen LogP contribution in [-0.4, -0.2) is 44.1 Å². The lowest BCUT2D eigenvalue weighted by Gasteiger charge is -2.29. The average Bonchev–Trinajstić information content (AvgIpc) is 3.05. The summed E-state index contributed by atoms with van der Waals surface area (Å²) in [6.07, 6.45) is -3.99. The Labute approximate surface area is 166 Å². The first-order chi connectivity index (χ1) is 13.5. The van der Waals surface area contributed by atoms with Crippen molar-refractivity contribution < 1.29 is 27.9 Å². The van der Waals surface area contributed by atoms with Gasteiger partial charge in [0.1, 0.15) is 0 Å². The van der Waals surface area contributed by atoms with E-state index >= 15 is 0 Å². The van der Waals surface area contributed by atoms with Crippen LogP contribution >= 0.6 is 0 Å². The van der Waals surface area contributed by atoms with Gasteiger partial charge in [-0.2, -0.15) is 13.2 Å². The fourth-order valence-electron chi connectivity index (χ4n) is 2.92. The molecule has 29 heavy (non-hydrogen) atoms. The molecule has 10 heteroatoms. The van der Waals surface area contributed by atoms with Crippen LogP contribution < -0.4 is 5.32 Å². The van der Waals surface area contributed by atoms with E-state index in [-0.39, 0.29) is 11.6 Å². The van der Waals surface area contributed by atoms with E-state index in [4.69, 9.17) is 0 Å². The van der Waals surface area contributed by atoms with E-state index in [0.717, 1.165) is 10.8 Å². The van der Waals surface area contributed by atoms with Crippen molar-refractivity contribution >= 4 is 17.5 Å². The summed E-state index contributed by atoms with van der Waals surface area (Å²) in [7, 11) is 1.30. The second-order valence-corrected chi connectivity index (χ2v) is 6.68. The minimum atomic E-state index is -5.10. The zero-order valence-electron chi connectivity index (χ0n) is 16.3. The molecule has 1 atom stereocenters. The molecule has 1 unspecified atom stereocenters. The summed E-state index contributed by atoms with van der Waals surface area (Å²) in [5, 5.41) is 12.7. The Morgan fingerprint density at radius 3 is 2.52 bits per heavy atom. The lowest BCUT2D eigenvalue weighted by Crippen LogP contribution is -2.46. The first kappa shape index (κ1) is 22.4. The highest BCUT2D eigenvalue weighted by atomic mass is 19.4. The standard InChI is InChI=1S/C19H23F3N4O3/c1-4-26(13(2)27)12-14-6-5-7-15(10-14)24-16(28)11-18(29,19(20,21)22)17-23-8-9-25(17)3/h5-10,29H,4,11-12H2,1-3H3,(H,24,28). The van der Waals surface area contributed by atoms with Crippen LogP contribution in [0.15, 0.2) is 36.7 Å². The lowest BCUT2D eigenvalue weighted by molar-refractivity contribution is -0.270. The molecule has 2 N–H and O–H groups in total. The topological polar surface area (TPSA) is 87.5 Å². The SMILES string of the molecule is CCN(Cc1cccc(NC(=O)CC(O)(c2nccn2C)C(F)(F)F)c1)C(C)=O.